The minimum Gasteiger partial charge on any atom is -0.351 e. The molecule has 0 radical (unpaired) electrons. The Bertz CT molecular complexity index is 1270. The second-order valence-electron chi connectivity index (χ2n) is 6.60. The van der Waals surface area contributed by atoms with Gasteiger partial charge in [0.05, 0.1) is 35.8 Å². The van der Waals surface area contributed by atoms with Crippen molar-refractivity contribution in [1.82, 2.24) is 19.0 Å². The fourth-order valence-corrected chi connectivity index (χ4v) is 3.70. The van der Waals surface area contributed by atoms with Gasteiger partial charge in [-0.2, -0.15) is 0 Å². The number of rotatable bonds is 6. The van der Waals surface area contributed by atoms with Gasteiger partial charge in [-0.3, -0.25) is 14.0 Å². The van der Waals surface area contributed by atoms with Crippen molar-refractivity contribution in [2.24, 2.45) is 0 Å². The molecule has 29 heavy (non-hydrogen) atoms. The van der Waals surface area contributed by atoms with E-state index in [2.05, 4.69) is 10.3 Å². The van der Waals surface area contributed by atoms with Crippen LogP contribution in [0.3, 0.4) is 0 Å². The van der Waals surface area contributed by atoms with Gasteiger partial charge in [-0.05, 0) is 42.1 Å². The Hall–Kier alpha value is -2.94. The summed E-state index contributed by atoms with van der Waals surface area (Å²) in [5.41, 5.74) is 1.09. The van der Waals surface area contributed by atoms with Crippen LogP contribution in [0.2, 0.25) is 0 Å². The Morgan fingerprint density at radius 3 is 2.72 bits per heavy atom. The highest BCUT2D eigenvalue weighted by molar-refractivity contribution is 7.92. The third-order valence-corrected chi connectivity index (χ3v) is 5.25. The molecule has 0 saturated carbocycles. The molecule has 8 heteroatoms. The molecule has 4 rings (SSSR count). The van der Waals surface area contributed by atoms with E-state index in [0.717, 1.165) is 10.8 Å². The van der Waals surface area contributed by atoms with Crippen LogP contribution in [0.15, 0.2) is 59.5 Å². The molecule has 1 amide bonds. The zero-order valence-electron chi connectivity index (χ0n) is 16.1. The molecular weight excluding hydrogens is 388 g/mol. The number of carbonyl (C=O) groups is 1. The number of pyridine rings is 1. The van der Waals surface area contributed by atoms with Crippen LogP contribution in [0.5, 0.6) is 0 Å². The molecule has 2 heterocycles. The number of hydrogen-bond acceptors (Lipinski definition) is 6. The van der Waals surface area contributed by atoms with E-state index in [0.29, 0.717) is 35.2 Å². The standard InChI is InChI=1S/C21H20N4O3S/c1-24(29-28-2)11-9-22-20(26)16-8-5-10-25-19(16)23-18-13-15-7-4-3-6-14(15)12-17(18)21(25)27/h3-8,10,12-13H,9,11H2,1-2H3,(H,22,26). The highest BCUT2D eigenvalue weighted by atomic mass is 32.2. The number of carbonyl (C=O) groups excluding carboxylic acids is 1. The van der Waals surface area contributed by atoms with E-state index in [-0.39, 0.29) is 11.5 Å². The van der Waals surface area contributed by atoms with Crippen molar-refractivity contribution in [3.63, 3.8) is 0 Å². The molecule has 0 aliphatic rings. The van der Waals surface area contributed by atoms with Crippen LogP contribution in [-0.2, 0) is 4.18 Å². The molecule has 0 aliphatic carbocycles. The fraction of sp³-hybridized carbons (Fsp3) is 0.190. The average molecular weight is 408 g/mol. The van der Waals surface area contributed by atoms with Crippen LogP contribution in [-0.4, -0.2) is 46.8 Å². The topological polar surface area (TPSA) is 75.9 Å². The lowest BCUT2D eigenvalue weighted by Gasteiger charge is -2.14. The van der Waals surface area contributed by atoms with Crippen molar-refractivity contribution in [3.05, 3.63) is 70.6 Å². The summed E-state index contributed by atoms with van der Waals surface area (Å²) in [6, 6.07) is 14.9. The number of fused-ring (bicyclic) bond motifs is 3. The summed E-state index contributed by atoms with van der Waals surface area (Å²) in [5, 5.41) is 5.37. The van der Waals surface area contributed by atoms with E-state index >= 15 is 0 Å². The second kappa shape index (κ2) is 8.20. The van der Waals surface area contributed by atoms with Crippen molar-refractivity contribution in [3.8, 4) is 0 Å². The molecule has 1 N–H and O–H groups in total. The molecule has 148 valence electrons. The first-order valence-electron chi connectivity index (χ1n) is 9.12. The summed E-state index contributed by atoms with van der Waals surface area (Å²) in [5.74, 6) is -0.272. The molecule has 0 unspecified atom stereocenters. The molecule has 0 fully saturated rings. The first kappa shape index (κ1) is 19.4. The number of nitrogens with one attached hydrogen (secondary N) is 1. The third kappa shape index (κ3) is 3.82. The summed E-state index contributed by atoms with van der Waals surface area (Å²) in [7, 11) is 3.46. The van der Waals surface area contributed by atoms with Gasteiger partial charge in [0.2, 0.25) is 0 Å². The largest absolute Gasteiger partial charge is 0.351 e. The minimum atomic E-state index is -0.272. The van der Waals surface area contributed by atoms with Crippen molar-refractivity contribution >= 4 is 45.5 Å². The van der Waals surface area contributed by atoms with Crippen molar-refractivity contribution < 1.29 is 8.98 Å². The summed E-state index contributed by atoms with van der Waals surface area (Å²) in [6.07, 6.45) is 1.64. The molecule has 0 bridgehead atoms. The van der Waals surface area contributed by atoms with Crippen molar-refractivity contribution in [2.75, 3.05) is 27.2 Å². The number of hydrogen-bond donors (Lipinski definition) is 1. The van der Waals surface area contributed by atoms with Gasteiger partial charge >= 0.3 is 0 Å². The summed E-state index contributed by atoms with van der Waals surface area (Å²) < 4.78 is 8.27. The fourth-order valence-electron chi connectivity index (χ4n) is 3.28. The van der Waals surface area contributed by atoms with Crippen molar-refractivity contribution in [2.45, 2.75) is 0 Å². The smallest absolute Gasteiger partial charge is 0.265 e. The normalized spacial score (nSPS) is 11.6. The van der Waals surface area contributed by atoms with Crippen molar-refractivity contribution in [1.29, 1.82) is 0 Å². The lowest BCUT2D eigenvalue weighted by Crippen LogP contribution is -2.31. The van der Waals surface area contributed by atoms with E-state index in [1.165, 1.54) is 16.6 Å². The lowest BCUT2D eigenvalue weighted by molar-refractivity contribution is 0.0953. The lowest BCUT2D eigenvalue weighted by atomic mass is 10.1. The van der Waals surface area contributed by atoms with E-state index in [4.69, 9.17) is 4.18 Å². The van der Waals surface area contributed by atoms with Gasteiger partial charge < -0.3 is 9.50 Å². The van der Waals surface area contributed by atoms with E-state index in [1.54, 1.807) is 25.4 Å². The molecular formula is C21H20N4O3S. The molecule has 2 aromatic carbocycles. The van der Waals surface area contributed by atoms with Gasteiger partial charge in [0, 0.05) is 19.3 Å². The Labute approximate surface area is 171 Å². The first-order valence-corrected chi connectivity index (χ1v) is 9.82. The van der Waals surface area contributed by atoms with Gasteiger partial charge in [-0.25, -0.2) is 9.29 Å². The minimum absolute atomic E-state index is 0.193. The number of aromatic nitrogens is 2. The van der Waals surface area contributed by atoms with E-state index in [9.17, 15) is 9.59 Å². The van der Waals surface area contributed by atoms with E-state index < -0.39 is 0 Å². The summed E-state index contributed by atoms with van der Waals surface area (Å²) in [6.45, 7) is 1.05. The van der Waals surface area contributed by atoms with Crippen LogP contribution in [0.1, 0.15) is 10.4 Å². The van der Waals surface area contributed by atoms with Crippen LogP contribution in [0.4, 0.5) is 0 Å². The Balaban J connectivity index is 1.74. The predicted octanol–water partition coefficient (Wildman–Crippen LogP) is 2.87. The Kier molecular flexibility index (Phi) is 5.48. The van der Waals surface area contributed by atoms with Gasteiger partial charge in [0.15, 0.2) is 5.65 Å². The number of nitrogens with zero attached hydrogens (tertiary/aromatic N) is 3. The Morgan fingerprint density at radius 1 is 1.21 bits per heavy atom. The zero-order chi connectivity index (χ0) is 20.4. The van der Waals surface area contributed by atoms with Gasteiger partial charge in [0.1, 0.15) is 0 Å². The predicted molar refractivity (Wildman–Crippen MR) is 116 cm³/mol. The van der Waals surface area contributed by atoms with Crippen LogP contribution in [0.25, 0.3) is 27.3 Å². The summed E-state index contributed by atoms with van der Waals surface area (Å²) in [4.78, 5) is 30.4. The summed E-state index contributed by atoms with van der Waals surface area (Å²) >= 11 is 1.21. The maximum absolute atomic E-state index is 13.0. The molecule has 7 nitrogen and oxygen atoms in total. The molecule has 0 saturated heterocycles. The maximum Gasteiger partial charge on any atom is 0.265 e. The monoisotopic (exact) mass is 408 g/mol. The zero-order valence-corrected chi connectivity index (χ0v) is 16.9. The Morgan fingerprint density at radius 2 is 1.97 bits per heavy atom. The second-order valence-corrected chi connectivity index (χ2v) is 7.70. The van der Waals surface area contributed by atoms with Gasteiger partial charge in [-0.15, -0.1) is 0 Å². The average Bonchev–Trinajstić information content (AvgIpc) is 2.72. The third-order valence-electron chi connectivity index (χ3n) is 4.67. The maximum atomic E-state index is 13.0. The van der Waals surface area contributed by atoms with E-state index in [1.807, 2.05) is 47.8 Å². The number of amides is 1. The van der Waals surface area contributed by atoms with Gasteiger partial charge in [-0.1, -0.05) is 24.3 Å². The molecule has 4 aromatic rings. The first-order chi connectivity index (χ1) is 14.1. The number of likely N-dealkylation sites (N-methyl/N-ethyl adjacent to an activating group) is 1. The highest BCUT2D eigenvalue weighted by Crippen LogP contribution is 2.20. The SMILES string of the molecule is COSN(C)CCNC(=O)c1cccn2c(=O)c3cc4ccccc4cc3nc12. The highest BCUT2D eigenvalue weighted by Gasteiger charge is 2.15. The van der Waals surface area contributed by atoms with Crippen LogP contribution >= 0.6 is 12.2 Å². The molecule has 0 atom stereocenters. The van der Waals surface area contributed by atoms with Gasteiger partial charge in [0.25, 0.3) is 11.5 Å². The number of benzene rings is 2. The molecule has 2 aromatic heterocycles. The quantitative estimate of drug-likeness (QED) is 0.300. The molecule has 0 spiro atoms. The molecule has 0 aliphatic heterocycles. The van der Waals surface area contributed by atoms with Crippen LogP contribution < -0.4 is 10.9 Å². The van der Waals surface area contributed by atoms with Crippen LogP contribution in [0, 0.1) is 0 Å².